The highest BCUT2D eigenvalue weighted by atomic mass is 32.2. The van der Waals surface area contributed by atoms with E-state index < -0.39 is 0 Å². The molecule has 2 nitrogen and oxygen atoms in total. The van der Waals surface area contributed by atoms with Crippen LogP contribution in [-0.4, -0.2) is 42.1 Å². The maximum absolute atomic E-state index is 5.90. The smallest absolute Gasteiger partial charge is 0.0158 e. The normalized spacial score (nSPS) is 32.6. The number of rotatable bonds is 3. The first-order valence-electron chi connectivity index (χ1n) is 5.78. The summed E-state index contributed by atoms with van der Waals surface area (Å²) in [6, 6.07) is 0.762. The predicted molar refractivity (Wildman–Crippen MR) is 63.7 cm³/mol. The first-order valence-corrected chi connectivity index (χ1v) is 6.93. The van der Waals surface area contributed by atoms with Gasteiger partial charge in [-0.15, -0.1) is 0 Å². The Morgan fingerprint density at radius 1 is 1.50 bits per heavy atom. The lowest BCUT2D eigenvalue weighted by Gasteiger charge is -2.47. The number of thioether (sulfide) groups is 1. The second-order valence-corrected chi connectivity index (χ2v) is 6.10. The molecule has 0 bridgehead atoms. The van der Waals surface area contributed by atoms with Crippen LogP contribution in [0, 0.1) is 5.41 Å². The van der Waals surface area contributed by atoms with Gasteiger partial charge in [-0.25, -0.2) is 0 Å². The molecule has 0 spiro atoms. The van der Waals surface area contributed by atoms with E-state index in [-0.39, 0.29) is 0 Å². The van der Waals surface area contributed by atoms with Crippen LogP contribution in [0.5, 0.6) is 0 Å². The maximum atomic E-state index is 5.90. The minimum atomic E-state index is 0.496. The van der Waals surface area contributed by atoms with Crippen LogP contribution in [0.4, 0.5) is 0 Å². The summed E-state index contributed by atoms with van der Waals surface area (Å²) in [5.41, 5.74) is 6.40. The molecule has 3 heteroatoms. The van der Waals surface area contributed by atoms with E-state index in [2.05, 4.69) is 23.6 Å². The number of hydrogen-bond donors (Lipinski definition) is 1. The Hall–Kier alpha value is 0.270. The van der Waals surface area contributed by atoms with Gasteiger partial charge in [0.05, 0.1) is 0 Å². The largest absolute Gasteiger partial charge is 0.330 e. The molecule has 2 N–H and O–H groups in total. The van der Waals surface area contributed by atoms with E-state index in [1.54, 1.807) is 0 Å². The maximum Gasteiger partial charge on any atom is 0.0158 e. The van der Waals surface area contributed by atoms with E-state index >= 15 is 0 Å². The van der Waals surface area contributed by atoms with Gasteiger partial charge in [0.15, 0.2) is 0 Å². The molecule has 0 amide bonds. The van der Waals surface area contributed by atoms with Crippen LogP contribution >= 0.6 is 11.8 Å². The summed E-state index contributed by atoms with van der Waals surface area (Å²) >= 11 is 2.09. The summed E-state index contributed by atoms with van der Waals surface area (Å²) < 4.78 is 0. The summed E-state index contributed by atoms with van der Waals surface area (Å²) in [5, 5.41) is 0. The van der Waals surface area contributed by atoms with Crippen molar-refractivity contribution in [3.63, 3.8) is 0 Å². The lowest BCUT2D eigenvalue weighted by molar-refractivity contribution is 0.0619. The Labute approximate surface area is 91.6 Å². The average molecular weight is 214 g/mol. The Morgan fingerprint density at radius 2 is 2.29 bits per heavy atom. The highest BCUT2D eigenvalue weighted by Crippen LogP contribution is 2.41. The third kappa shape index (κ3) is 2.10. The van der Waals surface area contributed by atoms with E-state index in [0.717, 1.165) is 12.6 Å². The number of nitrogens with two attached hydrogens (primary N) is 1. The fraction of sp³-hybridized carbons (Fsp3) is 1.00. The number of nitrogens with zero attached hydrogens (tertiary/aromatic N) is 1. The van der Waals surface area contributed by atoms with Crippen LogP contribution in [-0.2, 0) is 0 Å². The zero-order valence-corrected chi connectivity index (χ0v) is 9.98. The Bertz CT molecular complexity index is 186. The molecule has 1 atom stereocenters. The molecule has 1 unspecified atom stereocenters. The van der Waals surface area contributed by atoms with Gasteiger partial charge in [-0.1, -0.05) is 6.42 Å². The van der Waals surface area contributed by atoms with Crippen molar-refractivity contribution in [1.29, 1.82) is 0 Å². The minimum absolute atomic E-state index is 0.496. The van der Waals surface area contributed by atoms with Crippen LogP contribution in [0.15, 0.2) is 0 Å². The molecular weight excluding hydrogens is 192 g/mol. The van der Waals surface area contributed by atoms with Gasteiger partial charge in [0.2, 0.25) is 0 Å². The molecule has 0 aromatic heterocycles. The Balaban J connectivity index is 1.88. The fourth-order valence-corrected chi connectivity index (χ4v) is 3.61. The molecule has 1 saturated heterocycles. The van der Waals surface area contributed by atoms with Crippen LogP contribution < -0.4 is 5.73 Å². The molecule has 0 radical (unpaired) electrons. The highest BCUT2D eigenvalue weighted by molar-refractivity contribution is 7.99. The summed E-state index contributed by atoms with van der Waals surface area (Å²) in [5.74, 6) is 2.62. The van der Waals surface area contributed by atoms with Gasteiger partial charge in [-0.3, -0.25) is 4.90 Å². The molecule has 1 aliphatic heterocycles. The van der Waals surface area contributed by atoms with E-state index in [0.29, 0.717) is 5.41 Å². The molecule has 0 aromatic carbocycles. The quantitative estimate of drug-likeness (QED) is 0.773. The van der Waals surface area contributed by atoms with E-state index in [4.69, 9.17) is 5.73 Å². The monoisotopic (exact) mass is 214 g/mol. The zero-order valence-electron chi connectivity index (χ0n) is 9.17. The van der Waals surface area contributed by atoms with Gasteiger partial charge < -0.3 is 5.73 Å². The third-order valence-electron chi connectivity index (χ3n) is 3.89. The standard InChI is InChI=1S/C11H22N2S/c1-10-7-14-6-5-13(10)9-11(8-12)3-2-4-11/h10H,2-9,12H2,1H3. The molecule has 1 heterocycles. The summed E-state index contributed by atoms with van der Waals surface area (Å²) in [6.45, 7) is 5.78. The van der Waals surface area contributed by atoms with Gasteiger partial charge >= 0.3 is 0 Å². The van der Waals surface area contributed by atoms with Gasteiger partial charge in [0.1, 0.15) is 0 Å². The van der Waals surface area contributed by atoms with Gasteiger partial charge in [-0.05, 0) is 31.7 Å². The molecule has 0 aromatic rings. The third-order valence-corrected chi connectivity index (χ3v) is 5.08. The summed E-state index contributed by atoms with van der Waals surface area (Å²) in [4.78, 5) is 2.66. The van der Waals surface area contributed by atoms with Crippen LogP contribution in [0.3, 0.4) is 0 Å². The molecule has 14 heavy (non-hydrogen) atoms. The van der Waals surface area contributed by atoms with Crippen molar-refractivity contribution in [2.45, 2.75) is 32.2 Å². The van der Waals surface area contributed by atoms with Crippen LogP contribution in [0.1, 0.15) is 26.2 Å². The van der Waals surface area contributed by atoms with E-state index in [9.17, 15) is 0 Å². The van der Waals surface area contributed by atoms with Crippen LogP contribution in [0.25, 0.3) is 0 Å². The molecular formula is C11H22N2S. The van der Waals surface area contributed by atoms with Gasteiger partial charge in [-0.2, -0.15) is 11.8 Å². The first-order chi connectivity index (χ1) is 6.76. The van der Waals surface area contributed by atoms with Crippen molar-refractivity contribution >= 4 is 11.8 Å². The summed E-state index contributed by atoms with van der Waals surface area (Å²) in [6.07, 6.45) is 4.12. The van der Waals surface area contributed by atoms with Crippen molar-refractivity contribution in [2.24, 2.45) is 11.1 Å². The van der Waals surface area contributed by atoms with Gasteiger partial charge in [0, 0.05) is 30.6 Å². The molecule has 1 aliphatic carbocycles. The minimum Gasteiger partial charge on any atom is -0.330 e. The van der Waals surface area contributed by atoms with Gasteiger partial charge in [0.25, 0.3) is 0 Å². The fourth-order valence-electron chi connectivity index (χ4n) is 2.53. The molecule has 82 valence electrons. The SMILES string of the molecule is CC1CSCCN1CC1(CN)CCC1. The molecule has 2 aliphatic rings. The summed E-state index contributed by atoms with van der Waals surface area (Å²) in [7, 11) is 0. The van der Waals surface area contributed by atoms with Crippen molar-refractivity contribution in [3.05, 3.63) is 0 Å². The second-order valence-electron chi connectivity index (χ2n) is 4.95. The second kappa shape index (κ2) is 4.42. The van der Waals surface area contributed by atoms with Crippen LogP contribution in [0.2, 0.25) is 0 Å². The highest BCUT2D eigenvalue weighted by Gasteiger charge is 2.38. The lowest BCUT2D eigenvalue weighted by Crippen LogP contribution is -2.51. The Kier molecular flexibility index (Phi) is 3.40. The van der Waals surface area contributed by atoms with Crippen molar-refractivity contribution in [1.82, 2.24) is 4.90 Å². The average Bonchev–Trinajstić information content (AvgIpc) is 2.14. The van der Waals surface area contributed by atoms with E-state index in [1.807, 2.05) is 0 Å². The van der Waals surface area contributed by atoms with Crippen molar-refractivity contribution < 1.29 is 0 Å². The number of hydrogen-bond acceptors (Lipinski definition) is 3. The lowest BCUT2D eigenvalue weighted by atomic mass is 9.68. The Morgan fingerprint density at radius 3 is 2.79 bits per heavy atom. The molecule has 1 saturated carbocycles. The molecule has 2 rings (SSSR count). The first kappa shape index (κ1) is 10.8. The van der Waals surface area contributed by atoms with Crippen molar-refractivity contribution in [2.75, 3.05) is 31.1 Å². The topological polar surface area (TPSA) is 29.3 Å². The van der Waals surface area contributed by atoms with Crippen molar-refractivity contribution in [3.8, 4) is 0 Å². The van der Waals surface area contributed by atoms with E-state index in [1.165, 1.54) is 43.9 Å². The predicted octanol–water partition coefficient (Wildman–Crippen LogP) is 1.55. The molecule has 2 fully saturated rings. The zero-order chi connectivity index (χ0) is 10.0.